The number of nitrogens with one attached hydrogen (secondary N) is 1. The van der Waals surface area contributed by atoms with Crippen LogP contribution in [0.1, 0.15) is 31.1 Å². The molecule has 0 spiro atoms. The van der Waals surface area contributed by atoms with E-state index in [-0.39, 0.29) is 17.1 Å². The fourth-order valence-corrected chi connectivity index (χ4v) is 1.27. The van der Waals surface area contributed by atoms with Crippen molar-refractivity contribution < 1.29 is 14.6 Å². The fraction of sp³-hybridized carbons (Fsp3) is 0.462. The van der Waals surface area contributed by atoms with Gasteiger partial charge in [-0.15, -0.1) is 0 Å². The summed E-state index contributed by atoms with van der Waals surface area (Å²) < 4.78 is 4.95. The molecule has 0 fully saturated rings. The largest absolute Gasteiger partial charge is 0.504 e. The fourth-order valence-electron chi connectivity index (χ4n) is 1.27. The first kappa shape index (κ1) is 13.4. The third kappa shape index (κ3) is 3.98. The van der Waals surface area contributed by atoms with Crippen molar-refractivity contribution in [1.82, 2.24) is 5.32 Å². The van der Waals surface area contributed by atoms with Crippen LogP contribution in [0.3, 0.4) is 0 Å². The lowest BCUT2D eigenvalue weighted by Crippen LogP contribution is -2.32. The molecule has 0 aromatic heterocycles. The molecule has 94 valence electrons. The molecular weight excluding hydrogens is 218 g/mol. The summed E-state index contributed by atoms with van der Waals surface area (Å²) in [6, 6.07) is 4.54. The molecule has 0 atom stereocenters. The summed E-state index contributed by atoms with van der Waals surface area (Å²) in [5, 5.41) is 12.3. The maximum atomic E-state index is 11.8. The number of carbonyl (C=O) groups excluding carboxylic acids is 1. The number of aromatic hydroxyl groups is 1. The molecule has 0 radical (unpaired) electrons. The Balaban J connectivity index is 2.76. The average molecular weight is 237 g/mol. The van der Waals surface area contributed by atoms with E-state index >= 15 is 0 Å². The third-order valence-corrected chi connectivity index (χ3v) is 2.22. The van der Waals surface area contributed by atoms with Crippen LogP contribution in [0, 0.1) is 5.41 Å². The number of hydrogen-bond donors (Lipinski definition) is 2. The highest BCUT2D eigenvalue weighted by atomic mass is 16.5. The minimum absolute atomic E-state index is 0.0277. The number of rotatable bonds is 3. The molecule has 0 heterocycles. The molecule has 0 saturated carbocycles. The molecule has 0 bridgehead atoms. The number of carbonyl (C=O) groups is 1. The first-order chi connectivity index (χ1) is 7.83. The SMILES string of the molecule is COc1cc(C(=O)NCC(C)(C)C)ccc1O. The summed E-state index contributed by atoms with van der Waals surface area (Å²) in [7, 11) is 1.45. The highest BCUT2D eigenvalue weighted by Gasteiger charge is 2.14. The molecule has 0 aliphatic rings. The topological polar surface area (TPSA) is 58.6 Å². The Kier molecular flexibility index (Phi) is 3.99. The highest BCUT2D eigenvalue weighted by molar-refractivity contribution is 5.94. The van der Waals surface area contributed by atoms with E-state index in [1.165, 1.54) is 19.2 Å². The summed E-state index contributed by atoms with van der Waals surface area (Å²) in [5.41, 5.74) is 0.514. The second-order valence-electron chi connectivity index (χ2n) is 5.13. The Bertz CT molecular complexity index is 408. The monoisotopic (exact) mass is 237 g/mol. The van der Waals surface area contributed by atoms with Crippen LogP contribution in [0.4, 0.5) is 0 Å². The minimum atomic E-state index is -0.168. The van der Waals surface area contributed by atoms with Gasteiger partial charge in [-0.05, 0) is 23.6 Å². The van der Waals surface area contributed by atoms with E-state index in [1.807, 2.05) is 20.8 Å². The quantitative estimate of drug-likeness (QED) is 0.847. The van der Waals surface area contributed by atoms with Gasteiger partial charge in [0.2, 0.25) is 0 Å². The third-order valence-electron chi connectivity index (χ3n) is 2.22. The number of phenolic OH excluding ortho intramolecular Hbond substituents is 1. The maximum absolute atomic E-state index is 11.8. The van der Waals surface area contributed by atoms with Crippen LogP contribution in [-0.4, -0.2) is 24.7 Å². The van der Waals surface area contributed by atoms with Crippen molar-refractivity contribution in [3.05, 3.63) is 23.8 Å². The van der Waals surface area contributed by atoms with Gasteiger partial charge in [0, 0.05) is 12.1 Å². The van der Waals surface area contributed by atoms with Gasteiger partial charge >= 0.3 is 0 Å². The molecule has 1 aromatic rings. The van der Waals surface area contributed by atoms with Crippen molar-refractivity contribution in [1.29, 1.82) is 0 Å². The van der Waals surface area contributed by atoms with E-state index in [2.05, 4.69) is 5.32 Å². The average Bonchev–Trinajstić information content (AvgIpc) is 2.25. The van der Waals surface area contributed by atoms with Crippen molar-refractivity contribution in [2.24, 2.45) is 5.41 Å². The van der Waals surface area contributed by atoms with Gasteiger partial charge in [-0.3, -0.25) is 4.79 Å². The Morgan fingerprint density at radius 1 is 1.41 bits per heavy atom. The molecule has 4 nitrogen and oxygen atoms in total. The minimum Gasteiger partial charge on any atom is -0.504 e. The van der Waals surface area contributed by atoms with Crippen LogP contribution >= 0.6 is 0 Å². The molecule has 17 heavy (non-hydrogen) atoms. The molecule has 0 unspecified atom stereocenters. The van der Waals surface area contributed by atoms with Crippen LogP contribution in [0.5, 0.6) is 11.5 Å². The molecule has 1 rings (SSSR count). The van der Waals surface area contributed by atoms with Crippen molar-refractivity contribution >= 4 is 5.91 Å². The van der Waals surface area contributed by atoms with Crippen molar-refractivity contribution in [2.45, 2.75) is 20.8 Å². The lowest BCUT2D eigenvalue weighted by atomic mass is 9.97. The Morgan fingerprint density at radius 3 is 2.59 bits per heavy atom. The van der Waals surface area contributed by atoms with Gasteiger partial charge in [-0.25, -0.2) is 0 Å². The standard InChI is InChI=1S/C13H19NO3/c1-13(2,3)8-14-12(16)9-5-6-10(15)11(7-9)17-4/h5-7,15H,8H2,1-4H3,(H,14,16). The van der Waals surface area contributed by atoms with Crippen molar-refractivity contribution in [2.75, 3.05) is 13.7 Å². The van der Waals surface area contributed by atoms with Gasteiger partial charge in [0.1, 0.15) is 0 Å². The number of methoxy groups -OCH3 is 1. The molecule has 0 aliphatic heterocycles. The van der Waals surface area contributed by atoms with Gasteiger partial charge in [0.25, 0.3) is 5.91 Å². The summed E-state index contributed by atoms with van der Waals surface area (Å²) in [4.78, 5) is 11.8. The normalized spacial score (nSPS) is 11.1. The lowest BCUT2D eigenvalue weighted by molar-refractivity contribution is 0.0939. The Morgan fingerprint density at radius 2 is 2.06 bits per heavy atom. The molecule has 1 aromatic carbocycles. The zero-order valence-electron chi connectivity index (χ0n) is 10.7. The van der Waals surface area contributed by atoms with E-state index in [4.69, 9.17) is 4.74 Å². The van der Waals surface area contributed by atoms with Gasteiger partial charge in [0.15, 0.2) is 11.5 Å². The molecule has 0 saturated heterocycles. The number of amides is 1. The van der Waals surface area contributed by atoms with Gasteiger partial charge in [-0.2, -0.15) is 0 Å². The van der Waals surface area contributed by atoms with E-state index in [9.17, 15) is 9.90 Å². The van der Waals surface area contributed by atoms with E-state index < -0.39 is 0 Å². The smallest absolute Gasteiger partial charge is 0.251 e. The van der Waals surface area contributed by atoms with Gasteiger partial charge in [-0.1, -0.05) is 20.8 Å². The zero-order valence-corrected chi connectivity index (χ0v) is 10.7. The van der Waals surface area contributed by atoms with Crippen LogP contribution in [0.25, 0.3) is 0 Å². The first-order valence-electron chi connectivity index (χ1n) is 5.49. The summed E-state index contributed by atoms with van der Waals surface area (Å²) >= 11 is 0. The zero-order chi connectivity index (χ0) is 13.1. The van der Waals surface area contributed by atoms with E-state index in [0.29, 0.717) is 17.9 Å². The summed E-state index contributed by atoms with van der Waals surface area (Å²) in [6.07, 6.45) is 0. The van der Waals surface area contributed by atoms with Gasteiger partial charge < -0.3 is 15.2 Å². The second kappa shape index (κ2) is 5.08. The van der Waals surface area contributed by atoms with Crippen molar-refractivity contribution in [3.8, 4) is 11.5 Å². The predicted molar refractivity (Wildman–Crippen MR) is 66.4 cm³/mol. The van der Waals surface area contributed by atoms with Crippen LogP contribution in [0.15, 0.2) is 18.2 Å². The summed E-state index contributed by atoms with van der Waals surface area (Å²) in [6.45, 7) is 6.73. The molecule has 2 N–H and O–H groups in total. The van der Waals surface area contributed by atoms with Crippen LogP contribution < -0.4 is 10.1 Å². The Labute approximate surface area is 102 Å². The number of benzene rings is 1. The van der Waals surface area contributed by atoms with Crippen LogP contribution in [-0.2, 0) is 0 Å². The first-order valence-corrected chi connectivity index (χ1v) is 5.49. The molecule has 0 aliphatic carbocycles. The number of phenols is 1. The number of ether oxygens (including phenoxy) is 1. The van der Waals surface area contributed by atoms with E-state index in [0.717, 1.165) is 0 Å². The summed E-state index contributed by atoms with van der Waals surface area (Å²) in [5.74, 6) is 0.159. The maximum Gasteiger partial charge on any atom is 0.251 e. The molecule has 4 heteroatoms. The van der Waals surface area contributed by atoms with Crippen LogP contribution in [0.2, 0.25) is 0 Å². The predicted octanol–water partition coefficient (Wildman–Crippen LogP) is 2.18. The van der Waals surface area contributed by atoms with E-state index in [1.54, 1.807) is 6.07 Å². The molecular formula is C13H19NO3. The van der Waals surface area contributed by atoms with Crippen molar-refractivity contribution in [3.63, 3.8) is 0 Å². The number of hydrogen-bond acceptors (Lipinski definition) is 3. The highest BCUT2D eigenvalue weighted by Crippen LogP contribution is 2.26. The molecule has 1 amide bonds. The second-order valence-corrected chi connectivity index (χ2v) is 5.13. The van der Waals surface area contributed by atoms with Gasteiger partial charge in [0.05, 0.1) is 7.11 Å². The lowest BCUT2D eigenvalue weighted by Gasteiger charge is -2.18. The Hall–Kier alpha value is -1.71.